The van der Waals surface area contributed by atoms with Gasteiger partial charge in [0.25, 0.3) is 0 Å². The van der Waals surface area contributed by atoms with Crippen molar-refractivity contribution in [3.05, 3.63) is 21.7 Å². The van der Waals surface area contributed by atoms with E-state index in [1.807, 2.05) is 6.92 Å². The summed E-state index contributed by atoms with van der Waals surface area (Å²) in [6.45, 7) is 3.40. The first-order valence-corrected chi connectivity index (χ1v) is 6.60. The van der Waals surface area contributed by atoms with Crippen LogP contribution in [0.5, 0.6) is 0 Å². The van der Waals surface area contributed by atoms with Crippen LogP contribution in [0.2, 0.25) is 0 Å². The van der Waals surface area contributed by atoms with E-state index < -0.39 is 28.5 Å². The van der Waals surface area contributed by atoms with E-state index in [4.69, 9.17) is 0 Å². The average molecular weight is 323 g/mol. The highest BCUT2D eigenvalue weighted by atomic mass is 16.6. The Morgan fingerprint density at radius 2 is 2.17 bits per heavy atom. The molecule has 12 nitrogen and oxygen atoms in total. The highest BCUT2D eigenvalue weighted by Gasteiger charge is 2.30. The summed E-state index contributed by atoms with van der Waals surface area (Å²) in [6.07, 6.45) is 0.721. The molecule has 0 bridgehead atoms. The van der Waals surface area contributed by atoms with Crippen LogP contribution in [0.25, 0.3) is 0 Å². The smallest absolute Gasteiger partial charge is 0.465 e. The molecule has 0 spiro atoms. The highest BCUT2D eigenvalue weighted by Crippen LogP contribution is 2.21. The summed E-state index contributed by atoms with van der Waals surface area (Å²) in [6, 6.07) is 0. The van der Waals surface area contributed by atoms with Gasteiger partial charge in [-0.25, -0.2) is 0 Å². The number of aliphatic hydroxyl groups excluding tert-OH is 1. The van der Waals surface area contributed by atoms with Crippen molar-refractivity contribution in [2.75, 3.05) is 13.1 Å². The van der Waals surface area contributed by atoms with E-state index in [0.717, 1.165) is 13.3 Å². The monoisotopic (exact) mass is 323 g/mol. The number of hydrogen-bond acceptors (Lipinski definition) is 10. The lowest BCUT2D eigenvalue weighted by Crippen LogP contribution is -2.22. The van der Waals surface area contributed by atoms with Crippen molar-refractivity contribution in [3.8, 4) is 0 Å². The predicted octanol–water partition coefficient (Wildman–Crippen LogP) is 0.952. The second-order valence-corrected chi connectivity index (χ2v) is 4.62. The van der Waals surface area contributed by atoms with E-state index in [1.54, 1.807) is 0 Å². The number of carbonyl (C=O) groups is 2. The molecule has 23 heavy (non-hydrogen) atoms. The number of azo groups is 1. The number of nitro groups is 1. The molecule has 0 aromatic carbocycles. The van der Waals surface area contributed by atoms with Gasteiger partial charge < -0.3 is 20.1 Å². The molecule has 2 rings (SSSR count). The topological polar surface area (TPSA) is 156 Å². The van der Waals surface area contributed by atoms with Crippen LogP contribution in [0.15, 0.2) is 21.8 Å². The number of nitrogens with zero attached hydrogens (tertiary/aromatic N) is 7. The largest absolute Gasteiger partial charge is 0.493 e. The van der Waals surface area contributed by atoms with Crippen molar-refractivity contribution >= 4 is 23.6 Å². The second-order valence-electron chi connectivity index (χ2n) is 4.62. The summed E-state index contributed by atoms with van der Waals surface area (Å²) < 4.78 is 0.461. The lowest BCUT2D eigenvalue weighted by Gasteiger charge is -2.14. The molecule has 0 unspecified atom stereocenters. The number of rotatable bonds is 5. The van der Waals surface area contributed by atoms with Gasteiger partial charge in [0.15, 0.2) is 5.70 Å². The minimum atomic E-state index is -0.895. The Morgan fingerprint density at radius 1 is 1.48 bits per heavy atom. The Balaban J connectivity index is 2.30. The van der Waals surface area contributed by atoms with Crippen LogP contribution in [0, 0.1) is 10.1 Å². The van der Waals surface area contributed by atoms with Crippen LogP contribution in [-0.2, 0) is 4.79 Å². The van der Waals surface area contributed by atoms with Gasteiger partial charge in [0.1, 0.15) is 0 Å². The molecule has 122 valence electrons. The number of ketones is 1. The zero-order valence-electron chi connectivity index (χ0n) is 12.3. The Bertz CT molecular complexity index is 704. The van der Waals surface area contributed by atoms with Crippen LogP contribution >= 0.6 is 0 Å². The summed E-state index contributed by atoms with van der Waals surface area (Å²) in [5, 5.41) is 31.2. The molecule has 1 aromatic heterocycles. The molecule has 0 atom stereocenters. The van der Waals surface area contributed by atoms with E-state index >= 15 is 0 Å². The molecule has 1 aliphatic heterocycles. The van der Waals surface area contributed by atoms with Crippen molar-refractivity contribution in [2.45, 2.75) is 20.3 Å². The van der Waals surface area contributed by atoms with Crippen LogP contribution in [-0.4, -0.2) is 54.5 Å². The fraction of sp³-hybridized carbons (Fsp3) is 0.455. The zero-order valence-corrected chi connectivity index (χ0v) is 12.3. The molecule has 1 aliphatic rings. The van der Waals surface area contributed by atoms with Gasteiger partial charge >= 0.3 is 17.8 Å². The third-order valence-electron chi connectivity index (χ3n) is 2.88. The van der Waals surface area contributed by atoms with Gasteiger partial charge in [0.2, 0.25) is 11.7 Å². The second kappa shape index (κ2) is 6.29. The maximum absolute atomic E-state index is 11.8. The summed E-state index contributed by atoms with van der Waals surface area (Å²) in [5.74, 6) is -2.76. The SMILES string of the molecule is CCCN1CC(=O)C(N=Nc2nc([N+](=O)[O-])n(C(C)=O)n2)=C1O. The lowest BCUT2D eigenvalue weighted by molar-refractivity contribution is -0.395. The highest BCUT2D eigenvalue weighted by molar-refractivity contribution is 5.99. The molecular weight excluding hydrogens is 310 g/mol. The molecule has 0 saturated heterocycles. The number of Topliss-reactive ketones (excluding diaryl/α,β-unsaturated/α-hetero) is 1. The number of aromatic nitrogens is 3. The molecule has 0 amide bonds. The van der Waals surface area contributed by atoms with Gasteiger partial charge in [-0.1, -0.05) is 16.7 Å². The minimum absolute atomic E-state index is 0.0243. The minimum Gasteiger partial charge on any atom is -0.493 e. The molecule has 12 heteroatoms. The van der Waals surface area contributed by atoms with E-state index in [0.29, 0.717) is 11.2 Å². The number of hydrogen-bond donors (Lipinski definition) is 1. The maximum atomic E-state index is 11.8. The zero-order chi connectivity index (χ0) is 17.1. The Kier molecular flexibility index (Phi) is 4.43. The van der Waals surface area contributed by atoms with Crippen LogP contribution in [0.1, 0.15) is 25.1 Å². The van der Waals surface area contributed by atoms with Gasteiger partial charge in [-0.2, -0.15) is 0 Å². The van der Waals surface area contributed by atoms with Crippen LogP contribution < -0.4 is 0 Å². The van der Waals surface area contributed by atoms with E-state index in [-0.39, 0.29) is 18.1 Å². The summed E-state index contributed by atoms with van der Waals surface area (Å²) in [5.41, 5.74) is -0.278. The third-order valence-corrected chi connectivity index (χ3v) is 2.88. The quantitative estimate of drug-likeness (QED) is 0.476. The fourth-order valence-corrected chi connectivity index (χ4v) is 1.91. The average Bonchev–Trinajstić information content (AvgIpc) is 3.01. The van der Waals surface area contributed by atoms with Gasteiger partial charge in [-0.05, 0) is 21.4 Å². The van der Waals surface area contributed by atoms with Crippen molar-refractivity contribution < 1.29 is 19.6 Å². The number of carbonyl (C=O) groups excluding carboxylic acids is 2. The molecule has 1 aromatic rings. The van der Waals surface area contributed by atoms with Gasteiger partial charge in [0, 0.05) is 13.5 Å². The normalized spacial score (nSPS) is 15.0. The van der Waals surface area contributed by atoms with Gasteiger partial charge in [0.05, 0.1) is 6.54 Å². The Hall–Kier alpha value is -3.18. The fourth-order valence-electron chi connectivity index (χ4n) is 1.91. The molecule has 0 radical (unpaired) electrons. The molecule has 0 aliphatic carbocycles. The predicted molar refractivity (Wildman–Crippen MR) is 74.0 cm³/mol. The van der Waals surface area contributed by atoms with Crippen molar-refractivity contribution in [3.63, 3.8) is 0 Å². The van der Waals surface area contributed by atoms with Crippen molar-refractivity contribution in [2.24, 2.45) is 10.2 Å². The summed E-state index contributed by atoms with van der Waals surface area (Å²) in [4.78, 5) is 37.7. The number of aliphatic hydroxyl groups is 1. The third kappa shape index (κ3) is 3.20. The van der Waals surface area contributed by atoms with E-state index in [1.165, 1.54) is 4.90 Å². The van der Waals surface area contributed by atoms with Crippen LogP contribution in [0.3, 0.4) is 0 Å². The van der Waals surface area contributed by atoms with E-state index in [2.05, 4.69) is 20.3 Å². The van der Waals surface area contributed by atoms with Gasteiger partial charge in [-0.3, -0.25) is 9.59 Å². The maximum Gasteiger partial charge on any atom is 0.465 e. The molecule has 2 heterocycles. The Labute approximate surface area is 129 Å². The standard InChI is InChI=1S/C11H13N7O5/c1-3-4-16-5-7(20)8(9(16)21)13-14-10-12-11(18(22)23)17(15-10)6(2)19/h21H,3-5H2,1-2H3. The molecule has 0 saturated carbocycles. The summed E-state index contributed by atoms with van der Waals surface area (Å²) in [7, 11) is 0. The molecule has 0 fully saturated rings. The molecular formula is C11H13N7O5. The van der Waals surface area contributed by atoms with Crippen molar-refractivity contribution in [1.29, 1.82) is 0 Å². The first-order chi connectivity index (χ1) is 10.8. The first-order valence-electron chi connectivity index (χ1n) is 6.60. The summed E-state index contributed by atoms with van der Waals surface area (Å²) >= 11 is 0. The lowest BCUT2D eigenvalue weighted by atomic mass is 10.3. The first kappa shape index (κ1) is 16.2. The Morgan fingerprint density at radius 3 is 2.70 bits per heavy atom. The van der Waals surface area contributed by atoms with Gasteiger partial charge in [-0.15, -0.1) is 5.11 Å². The van der Waals surface area contributed by atoms with E-state index in [9.17, 15) is 24.8 Å². The van der Waals surface area contributed by atoms with Crippen LogP contribution in [0.4, 0.5) is 11.9 Å². The molecule has 1 N–H and O–H groups in total. The van der Waals surface area contributed by atoms with Crippen molar-refractivity contribution in [1.82, 2.24) is 19.7 Å².